The van der Waals surface area contributed by atoms with Crippen LogP contribution in [-0.4, -0.2) is 17.6 Å². The maximum atomic E-state index is 12.0. The fourth-order valence-corrected chi connectivity index (χ4v) is 3.59. The Labute approximate surface area is 158 Å². The highest BCUT2D eigenvalue weighted by atomic mass is 16.5. The molecule has 0 aliphatic heterocycles. The predicted molar refractivity (Wildman–Crippen MR) is 108 cm³/mol. The van der Waals surface area contributed by atoms with Gasteiger partial charge in [0, 0.05) is 22.9 Å². The van der Waals surface area contributed by atoms with Gasteiger partial charge in [0.2, 0.25) is 5.91 Å². The number of rotatable bonds is 5. The number of methoxy groups -OCH3 is 1. The van der Waals surface area contributed by atoms with Gasteiger partial charge in [-0.3, -0.25) is 4.79 Å². The molecule has 0 saturated heterocycles. The summed E-state index contributed by atoms with van der Waals surface area (Å²) in [4.78, 5) is 12.0. The van der Waals surface area contributed by atoms with E-state index in [4.69, 9.17) is 10.5 Å². The Morgan fingerprint density at radius 2 is 1.89 bits per heavy atom. The van der Waals surface area contributed by atoms with Gasteiger partial charge in [0.25, 0.3) is 0 Å². The van der Waals surface area contributed by atoms with Gasteiger partial charge in [0.1, 0.15) is 5.75 Å². The summed E-state index contributed by atoms with van der Waals surface area (Å²) in [5, 5.41) is 1.81. The first kappa shape index (κ1) is 17.2. The summed E-state index contributed by atoms with van der Waals surface area (Å²) < 4.78 is 7.48. The highest BCUT2D eigenvalue weighted by Crippen LogP contribution is 2.33. The minimum atomic E-state index is -0.419. The van der Waals surface area contributed by atoms with Crippen molar-refractivity contribution in [1.29, 1.82) is 0 Å². The van der Waals surface area contributed by atoms with Crippen LogP contribution >= 0.6 is 0 Å². The summed E-state index contributed by atoms with van der Waals surface area (Å²) in [5.41, 5.74) is 10.6. The molecule has 2 N–H and O–H groups in total. The second-order valence-corrected chi connectivity index (χ2v) is 6.62. The van der Waals surface area contributed by atoms with Gasteiger partial charge in [-0.25, -0.2) is 0 Å². The third kappa shape index (κ3) is 2.93. The molecule has 4 heteroatoms. The number of hydrogen-bond donors (Lipinski definition) is 1. The Morgan fingerprint density at radius 1 is 1.11 bits per heavy atom. The Bertz CT molecular complexity index is 1140. The van der Waals surface area contributed by atoms with Crippen molar-refractivity contribution < 1.29 is 9.53 Å². The summed E-state index contributed by atoms with van der Waals surface area (Å²) >= 11 is 0. The first-order valence-electron chi connectivity index (χ1n) is 9.00. The molecule has 0 unspecified atom stereocenters. The molecule has 0 atom stereocenters. The van der Waals surface area contributed by atoms with Gasteiger partial charge in [-0.05, 0) is 53.9 Å². The number of aromatic nitrogens is 1. The molecule has 4 nitrogen and oxygen atoms in total. The quantitative estimate of drug-likeness (QED) is 0.578. The van der Waals surface area contributed by atoms with Gasteiger partial charge in [-0.15, -0.1) is 0 Å². The van der Waals surface area contributed by atoms with Crippen molar-refractivity contribution in [2.45, 2.75) is 19.9 Å². The standard InChI is InChI=1S/C23H21N2O2/c1-3-15-9-12-18-21(13-15)25(14-16-7-10-17(27-2)11-8-16)20-6-4-5-19(22(18)20)23(24)26/h4-11,13H,3,14H2,1-2H3,(H2,24,26). The number of benzene rings is 3. The van der Waals surface area contributed by atoms with Gasteiger partial charge < -0.3 is 15.0 Å². The van der Waals surface area contributed by atoms with Gasteiger partial charge >= 0.3 is 0 Å². The van der Waals surface area contributed by atoms with E-state index in [1.165, 1.54) is 5.56 Å². The number of ether oxygens (including phenoxy) is 1. The van der Waals surface area contributed by atoms with Crippen LogP contribution in [0.4, 0.5) is 0 Å². The van der Waals surface area contributed by atoms with Crippen molar-refractivity contribution in [3.63, 3.8) is 0 Å². The molecule has 135 valence electrons. The summed E-state index contributed by atoms with van der Waals surface area (Å²) in [5.74, 6) is 0.413. The first-order chi connectivity index (χ1) is 13.1. The maximum Gasteiger partial charge on any atom is 0.249 e. The van der Waals surface area contributed by atoms with Crippen LogP contribution in [0.3, 0.4) is 0 Å². The lowest BCUT2D eigenvalue weighted by Crippen LogP contribution is -2.11. The van der Waals surface area contributed by atoms with E-state index in [0.29, 0.717) is 12.1 Å². The summed E-state index contributed by atoms with van der Waals surface area (Å²) in [6.07, 6.45) is 0.930. The monoisotopic (exact) mass is 357 g/mol. The van der Waals surface area contributed by atoms with Crippen LogP contribution in [0.1, 0.15) is 28.4 Å². The number of nitrogens with zero attached hydrogens (tertiary/aromatic N) is 1. The summed E-state index contributed by atoms with van der Waals surface area (Å²) in [7, 11) is 1.66. The molecule has 0 aliphatic rings. The molecule has 1 amide bonds. The van der Waals surface area contributed by atoms with Crippen molar-refractivity contribution in [2.24, 2.45) is 5.73 Å². The molecule has 4 rings (SSSR count). The lowest BCUT2D eigenvalue weighted by molar-refractivity contribution is 0.100. The molecule has 1 aromatic heterocycles. The second-order valence-electron chi connectivity index (χ2n) is 6.62. The number of fused-ring (bicyclic) bond motifs is 3. The van der Waals surface area contributed by atoms with Crippen molar-refractivity contribution in [3.05, 3.63) is 77.4 Å². The number of primary amides is 1. The topological polar surface area (TPSA) is 57.2 Å². The zero-order valence-corrected chi connectivity index (χ0v) is 15.5. The highest BCUT2D eigenvalue weighted by molar-refractivity contribution is 6.17. The molecule has 1 radical (unpaired) electrons. The van der Waals surface area contributed by atoms with E-state index in [1.54, 1.807) is 13.2 Å². The van der Waals surface area contributed by atoms with Crippen LogP contribution in [-0.2, 0) is 13.0 Å². The van der Waals surface area contributed by atoms with E-state index in [2.05, 4.69) is 35.8 Å². The van der Waals surface area contributed by atoms with Crippen LogP contribution in [0.15, 0.2) is 54.6 Å². The summed E-state index contributed by atoms with van der Waals surface area (Å²) in [6, 6.07) is 21.3. The van der Waals surface area contributed by atoms with E-state index in [0.717, 1.165) is 39.5 Å². The van der Waals surface area contributed by atoms with Crippen LogP contribution in [0.25, 0.3) is 21.8 Å². The molecule has 0 bridgehead atoms. The van der Waals surface area contributed by atoms with Crippen molar-refractivity contribution in [3.8, 4) is 5.75 Å². The molecule has 0 aliphatic carbocycles. The Kier molecular flexibility index (Phi) is 4.32. The fraction of sp³-hybridized carbons (Fsp3) is 0.174. The third-order valence-electron chi connectivity index (χ3n) is 5.03. The smallest absolute Gasteiger partial charge is 0.249 e. The fourth-order valence-electron chi connectivity index (χ4n) is 3.59. The Hall–Kier alpha value is -3.27. The molecule has 0 spiro atoms. The number of carbonyl (C=O) groups excluding carboxylic acids is 1. The lowest BCUT2D eigenvalue weighted by Gasteiger charge is -2.09. The molecule has 4 aromatic rings. The zero-order valence-electron chi connectivity index (χ0n) is 15.5. The Morgan fingerprint density at radius 3 is 2.56 bits per heavy atom. The van der Waals surface area contributed by atoms with Crippen LogP contribution in [0.5, 0.6) is 5.75 Å². The first-order valence-corrected chi connectivity index (χ1v) is 9.00. The molecular formula is C23H21N2O2. The lowest BCUT2D eigenvalue weighted by atomic mass is 10.0. The largest absolute Gasteiger partial charge is 0.497 e. The van der Waals surface area contributed by atoms with Gasteiger partial charge in [0.15, 0.2) is 0 Å². The van der Waals surface area contributed by atoms with Crippen molar-refractivity contribution >= 4 is 27.7 Å². The average molecular weight is 357 g/mol. The number of hydrogen-bond acceptors (Lipinski definition) is 2. The maximum absolute atomic E-state index is 12.0. The van der Waals surface area contributed by atoms with Crippen LogP contribution in [0.2, 0.25) is 0 Å². The van der Waals surface area contributed by atoms with Crippen LogP contribution < -0.4 is 10.5 Å². The summed E-state index contributed by atoms with van der Waals surface area (Å²) in [6.45, 7) is 2.81. The molecule has 1 heterocycles. The van der Waals surface area contributed by atoms with E-state index in [1.807, 2.05) is 30.3 Å². The van der Waals surface area contributed by atoms with Gasteiger partial charge in [-0.2, -0.15) is 0 Å². The molecule has 27 heavy (non-hydrogen) atoms. The van der Waals surface area contributed by atoms with Crippen LogP contribution in [0, 0.1) is 6.07 Å². The van der Waals surface area contributed by atoms with E-state index >= 15 is 0 Å². The van der Waals surface area contributed by atoms with E-state index in [-0.39, 0.29) is 0 Å². The Balaban J connectivity index is 1.98. The highest BCUT2D eigenvalue weighted by Gasteiger charge is 2.17. The normalized spacial score (nSPS) is 11.2. The number of nitrogens with two attached hydrogens (primary N) is 1. The van der Waals surface area contributed by atoms with E-state index in [9.17, 15) is 4.79 Å². The van der Waals surface area contributed by atoms with Crippen molar-refractivity contribution in [1.82, 2.24) is 4.57 Å². The molecule has 0 fully saturated rings. The molecular weight excluding hydrogens is 336 g/mol. The van der Waals surface area contributed by atoms with E-state index < -0.39 is 5.91 Å². The molecule has 0 saturated carbocycles. The predicted octanol–water partition coefficient (Wildman–Crippen LogP) is 4.31. The minimum absolute atomic E-state index is 0.419. The second kappa shape index (κ2) is 6.80. The third-order valence-corrected chi connectivity index (χ3v) is 5.03. The SMILES string of the molecule is CCc1c[c]c2c3c(C(N)=O)cccc3n(Cc3ccc(OC)cc3)c2c1. The molecule has 3 aromatic carbocycles. The number of amides is 1. The van der Waals surface area contributed by atoms with Gasteiger partial charge in [0.05, 0.1) is 18.1 Å². The number of carbonyl (C=O) groups is 1. The van der Waals surface area contributed by atoms with Crippen molar-refractivity contribution in [2.75, 3.05) is 7.11 Å². The van der Waals surface area contributed by atoms with Gasteiger partial charge in [-0.1, -0.05) is 31.2 Å². The number of aryl methyl sites for hydroxylation is 1. The minimum Gasteiger partial charge on any atom is -0.497 e. The average Bonchev–Trinajstić information content (AvgIpc) is 3.01. The zero-order chi connectivity index (χ0) is 19.0.